The van der Waals surface area contributed by atoms with Gasteiger partial charge in [0.2, 0.25) is 0 Å². The van der Waals surface area contributed by atoms with Gasteiger partial charge in [-0.25, -0.2) is 4.39 Å². The second-order valence-corrected chi connectivity index (χ2v) is 6.97. The molecule has 0 bridgehead atoms. The van der Waals surface area contributed by atoms with Gasteiger partial charge in [0.25, 0.3) is 0 Å². The van der Waals surface area contributed by atoms with Gasteiger partial charge < -0.3 is 5.73 Å². The highest BCUT2D eigenvalue weighted by atomic mass is 79.9. The van der Waals surface area contributed by atoms with Crippen LogP contribution in [0.1, 0.15) is 39.3 Å². The topological polar surface area (TPSA) is 26.0 Å². The molecule has 1 nitrogen and oxygen atoms in total. The van der Waals surface area contributed by atoms with E-state index in [4.69, 9.17) is 5.73 Å². The third-order valence-corrected chi connectivity index (χ3v) is 5.43. The molecular formula is C14H19BrFN. The number of nitrogens with two attached hydrogens (primary N) is 1. The maximum atomic E-state index is 13.2. The second kappa shape index (κ2) is 3.79. The minimum absolute atomic E-state index is 0.0306. The summed E-state index contributed by atoms with van der Waals surface area (Å²) in [6, 6.07) is 5.03. The maximum absolute atomic E-state index is 13.2. The third-order valence-electron chi connectivity index (χ3n) is 4.82. The van der Waals surface area contributed by atoms with E-state index >= 15 is 0 Å². The van der Waals surface area contributed by atoms with Crippen LogP contribution in [0.3, 0.4) is 0 Å². The largest absolute Gasteiger partial charge is 0.324 e. The summed E-state index contributed by atoms with van der Waals surface area (Å²) in [5.41, 5.74) is 7.82. The molecule has 1 atom stereocenters. The number of benzene rings is 1. The summed E-state index contributed by atoms with van der Waals surface area (Å²) in [6.07, 6.45) is 0. The first-order valence-corrected chi connectivity index (χ1v) is 6.69. The molecule has 1 aromatic carbocycles. The summed E-state index contributed by atoms with van der Waals surface area (Å²) in [7, 11) is 0. The summed E-state index contributed by atoms with van der Waals surface area (Å²) < 4.78 is 13.7. The van der Waals surface area contributed by atoms with Crippen molar-refractivity contribution in [3.05, 3.63) is 34.1 Å². The van der Waals surface area contributed by atoms with Crippen LogP contribution in [-0.2, 0) is 0 Å². The van der Waals surface area contributed by atoms with E-state index in [9.17, 15) is 4.39 Å². The molecule has 3 heteroatoms. The van der Waals surface area contributed by atoms with Gasteiger partial charge in [-0.2, -0.15) is 0 Å². The maximum Gasteiger partial charge on any atom is 0.137 e. The van der Waals surface area contributed by atoms with E-state index < -0.39 is 0 Å². The van der Waals surface area contributed by atoms with Crippen molar-refractivity contribution in [3.8, 4) is 0 Å². The quantitative estimate of drug-likeness (QED) is 0.867. The zero-order valence-corrected chi connectivity index (χ0v) is 12.3. The van der Waals surface area contributed by atoms with Crippen molar-refractivity contribution < 1.29 is 4.39 Å². The Balaban J connectivity index is 2.28. The van der Waals surface area contributed by atoms with Gasteiger partial charge in [0.15, 0.2) is 0 Å². The van der Waals surface area contributed by atoms with Crippen LogP contribution >= 0.6 is 15.9 Å². The number of rotatable bonds is 2. The lowest BCUT2D eigenvalue weighted by molar-refractivity contribution is 0.457. The molecule has 0 saturated heterocycles. The molecule has 17 heavy (non-hydrogen) atoms. The fraction of sp³-hybridized carbons (Fsp3) is 0.571. The van der Waals surface area contributed by atoms with E-state index in [-0.39, 0.29) is 22.7 Å². The Kier molecular flexibility index (Phi) is 2.91. The monoisotopic (exact) mass is 299 g/mol. The molecule has 2 N–H and O–H groups in total. The molecule has 94 valence electrons. The zero-order valence-electron chi connectivity index (χ0n) is 10.7. The summed E-state index contributed by atoms with van der Waals surface area (Å²) in [5, 5.41) is 0. The van der Waals surface area contributed by atoms with E-state index in [1.165, 1.54) is 6.07 Å². The minimum Gasteiger partial charge on any atom is -0.324 e. The Hall–Kier alpha value is -0.410. The molecule has 1 aliphatic rings. The normalized spacial score (nSPS) is 23.5. The van der Waals surface area contributed by atoms with E-state index in [0.717, 1.165) is 5.56 Å². The van der Waals surface area contributed by atoms with Crippen LogP contribution in [0.5, 0.6) is 0 Å². The third kappa shape index (κ3) is 1.84. The van der Waals surface area contributed by atoms with Crippen molar-refractivity contribution in [2.45, 2.75) is 33.7 Å². The molecule has 1 saturated carbocycles. The number of hydrogen-bond donors (Lipinski definition) is 1. The predicted molar refractivity (Wildman–Crippen MR) is 72.1 cm³/mol. The Morgan fingerprint density at radius 1 is 1.24 bits per heavy atom. The molecule has 0 spiro atoms. The van der Waals surface area contributed by atoms with Crippen molar-refractivity contribution in [2.24, 2.45) is 22.5 Å². The lowest BCUT2D eigenvalue weighted by Gasteiger charge is -2.15. The molecule has 1 aromatic rings. The van der Waals surface area contributed by atoms with Gasteiger partial charge >= 0.3 is 0 Å². The predicted octanol–water partition coefficient (Wildman–Crippen LogP) is 4.27. The lowest BCUT2D eigenvalue weighted by Crippen LogP contribution is -2.16. The van der Waals surface area contributed by atoms with Crippen molar-refractivity contribution in [3.63, 3.8) is 0 Å². The fourth-order valence-electron chi connectivity index (χ4n) is 3.06. The van der Waals surface area contributed by atoms with Crippen LogP contribution < -0.4 is 5.73 Å². The smallest absolute Gasteiger partial charge is 0.137 e. The van der Waals surface area contributed by atoms with Gasteiger partial charge in [0, 0.05) is 6.04 Å². The summed E-state index contributed by atoms with van der Waals surface area (Å²) >= 11 is 3.21. The molecule has 0 aliphatic heterocycles. The summed E-state index contributed by atoms with van der Waals surface area (Å²) in [6.45, 7) is 8.98. The second-order valence-electron chi connectivity index (χ2n) is 6.12. The summed E-state index contributed by atoms with van der Waals surface area (Å²) in [4.78, 5) is 0. The highest BCUT2D eigenvalue weighted by Gasteiger charge is 2.66. The molecular weight excluding hydrogens is 281 g/mol. The highest BCUT2D eigenvalue weighted by Crippen LogP contribution is 2.71. The van der Waals surface area contributed by atoms with E-state index in [0.29, 0.717) is 10.4 Å². The van der Waals surface area contributed by atoms with Gasteiger partial charge in [-0.05, 0) is 50.4 Å². The Labute approximate surface area is 111 Å². The molecule has 1 aliphatic carbocycles. The van der Waals surface area contributed by atoms with Crippen molar-refractivity contribution in [2.75, 3.05) is 0 Å². The number of halogens is 2. The summed E-state index contributed by atoms with van der Waals surface area (Å²) in [5.74, 6) is 0.197. The van der Waals surface area contributed by atoms with Gasteiger partial charge in [0.1, 0.15) is 5.82 Å². The zero-order chi connectivity index (χ0) is 13.0. The highest BCUT2D eigenvalue weighted by molar-refractivity contribution is 9.10. The molecule has 2 rings (SSSR count). The molecule has 0 heterocycles. The van der Waals surface area contributed by atoms with Crippen LogP contribution in [-0.4, -0.2) is 0 Å². The van der Waals surface area contributed by atoms with Gasteiger partial charge in [-0.1, -0.05) is 33.8 Å². The van der Waals surface area contributed by atoms with Crippen molar-refractivity contribution >= 4 is 15.9 Å². The van der Waals surface area contributed by atoms with E-state index in [2.05, 4.69) is 43.6 Å². The van der Waals surface area contributed by atoms with Gasteiger partial charge in [0.05, 0.1) is 4.47 Å². The fourth-order valence-corrected chi connectivity index (χ4v) is 3.45. The average molecular weight is 300 g/mol. The Morgan fingerprint density at radius 2 is 1.76 bits per heavy atom. The number of hydrogen-bond acceptors (Lipinski definition) is 1. The van der Waals surface area contributed by atoms with Gasteiger partial charge in [-0.15, -0.1) is 0 Å². The lowest BCUT2D eigenvalue weighted by atomic mass is 9.97. The minimum atomic E-state index is -0.240. The van der Waals surface area contributed by atoms with Gasteiger partial charge in [-0.3, -0.25) is 0 Å². The van der Waals surface area contributed by atoms with E-state index in [1.807, 2.05) is 0 Å². The molecule has 0 aromatic heterocycles. The molecule has 1 unspecified atom stereocenters. The van der Waals surface area contributed by atoms with Crippen LogP contribution in [0.4, 0.5) is 4.39 Å². The molecule has 0 amide bonds. The standard InChI is InChI=1S/C14H19BrFN/c1-13(2)12(14(13,3)4)11(17)8-5-6-10(16)9(15)7-8/h5-7,11-12H,17H2,1-4H3. The average Bonchev–Trinajstić information content (AvgIpc) is 2.61. The van der Waals surface area contributed by atoms with Crippen LogP contribution in [0, 0.1) is 22.6 Å². The Bertz CT molecular complexity index is 440. The van der Waals surface area contributed by atoms with Crippen molar-refractivity contribution in [1.82, 2.24) is 0 Å². The first-order chi connectivity index (χ1) is 7.69. The molecule has 0 radical (unpaired) electrons. The van der Waals surface area contributed by atoms with Crippen LogP contribution in [0.2, 0.25) is 0 Å². The SMILES string of the molecule is CC1(C)C(C(N)c2ccc(F)c(Br)c2)C1(C)C. The first-order valence-electron chi connectivity index (χ1n) is 5.90. The van der Waals surface area contributed by atoms with Crippen LogP contribution in [0.25, 0.3) is 0 Å². The van der Waals surface area contributed by atoms with Crippen LogP contribution in [0.15, 0.2) is 22.7 Å². The van der Waals surface area contributed by atoms with E-state index in [1.54, 1.807) is 12.1 Å². The first kappa shape index (κ1) is 13.0. The Morgan fingerprint density at radius 3 is 2.18 bits per heavy atom. The molecule has 1 fully saturated rings. The van der Waals surface area contributed by atoms with Crippen molar-refractivity contribution in [1.29, 1.82) is 0 Å².